The molecule has 0 aromatic carbocycles. The molecular formula is C16H23NO2S. The highest BCUT2D eigenvalue weighted by molar-refractivity contribution is 7.14. The molecule has 4 heteroatoms. The number of nitrogens with one attached hydrogen (secondary N) is 1. The third kappa shape index (κ3) is 3.07. The smallest absolute Gasteiger partial charge is 0.261 e. The zero-order valence-corrected chi connectivity index (χ0v) is 12.9. The second-order valence-corrected chi connectivity index (χ2v) is 7.06. The summed E-state index contributed by atoms with van der Waals surface area (Å²) in [6.45, 7) is 3.75. The molecule has 1 amide bonds. The molecule has 2 heterocycles. The summed E-state index contributed by atoms with van der Waals surface area (Å²) in [4.78, 5) is 14.5. The number of ether oxygens (including phenoxy) is 1. The molecule has 3 nitrogen and oxygen atoms in total. The number of amides is 1. The number of carbonyl (C=O) groups excluding carboxylic acids is 1. The Bertz CT molecular complexity index is 477. The fraction of sp³-hybridized carbons (Fsp3) is 0.688. The highest BCUT2D eigenvalue weighted by Crippen LogP contribution is 2.33. The number of hydrogen-bond donors (Lipinski definition) is 1. The van der Waals surface area contributed by atoms with E-state index >= 15 is 0 Å². The van der Waals surface area contributed by atoms with Gasteiger partial charge in [0.25, 0.3) is 5.91 Å². The van der Waals surface area contributed by atoms with Crippen molar-refractivity contribution in [2.75, 3.05) is 13.2 Å². The molecule has 2 aliphatic rings. The van der Waals surface area contributed by atoms with E-state index in [1.807, 2.05) is 0 Å². The third-order valence-electron chi connectivity index (χ3n) is 4.50. The van der Waals surface area contributed by atoms with E-state index < -0.39 is 0 Å². The largest absolute Gasteiger partial charge is 0.376 e. The number of rotatable bonds is 4. The topological polar surface area (TPSA) is 38.3 Å². The highest BCUT2D eigenvalue weighted by Gasteiger charge is 2.23. The van der Waals surface area contributed by atoms with Gasteiger partial charge in [0.05, 0.1) is 11.0 Å². The van der Waals surface area contributed by atoms with Crippen LogP contribution < -0.4 is 5.32 Å². The van der Waals surface area contributed by atoms with Crippen molar-refractivity contribution in [1.82, 2.24) is 5.32 Å². The molecule has 1 fully saturated rings. The average molecular weight is 293 g/mol. The van der Waals surface area contributed by atoms with Crippen molar-refractivity contribution in [1.29, 1.82) is 0 Å². The summed E-state index contributed by atoms with van der Waals surface area (Å²) >= 11 is 1.69. The second kappa shape index (κ2) is 6.27. The van der Waals surface area contributed by atoms with Gasteiger partial charge in [-0.15, -0.1) is 11.3 Å². The van der Waals surface area contributed by atoms with E-state index in [9.17, 15) is 4.79 Å². The lowest BCUT2D eigenvalue weighted by Crippen LogP contribution is -2.31. The maximum absolute atomic E-state index is 12.2. The summed E-state index contributed by atoms with van der Waals surface area (Å²) in [5, 5.41) is 3.02. The molecule has 1 aliphatic heterocycles. The van der Waals surface area contributed by atoms with Crippen LogP contribution in [0.5, 0.6) is 0 Å². The summed E-state index contributed by atoms with van der Waals surface area (Å²) in [6, 6.07) is 2.12. The number of aryl methyl sites for hydroxylation is 1. The van der Waals surface area contributed by atoms with E-state index in [4.69, 9.17) is 4.74 Å². The lowest BCUT2D eigenvalue weighted by Gasteiger charge is -2.19. The number of fused-ring (bicyclic) bond motifs is 1. The van der Waals surface area contributed by atoms with Crippen molar-refractivity contribution in [2.45, 2.75) is 51.6 Å². The first-order valence-electron chi connectivity index (χ1n) is 7.77. The monoisotopic (exact) mass is 293 g/mol. The first kappa shape index (κ1) is 14.1. The van der Waals surface area contributed by atoms with Crippen LogP contribution in [-0.2, 0) is 17.6 Å². The molecule has 1 aromatic rings. The number of hydrogen-bond acceptors (Lipinski definition) is 3. The van der Waals surface area contributed by atoms with Gasteiger partial charge in [0.1, 0.15) is 0 Å². The molecule has 1 N–H and O–H groups in total. The van der Waals surface area contributed by atoms with Gasteiger partial charge in [0.2, 0.25) is 0 Å². The van der Waals surface area contributed by atoms with Gasteiger partial charge >= 0.3 is 0 Å². The van der Waals surface area contributed by atoms with Crippen molar-refractivity contribution in [3.63, 3.8) is 0 Å². The number of thiophene rings is 1. The average Bonchev–Trinajstić information content (AvgIpc) is 3.12. The summed E-state index contributed by atoms with van der Waals surface area (Å²) in [5.41, 5.74) is 1.41. The van der Waals surface area contributed by atoms with E-state index in [-0.39, 0.29) is 12.0 Å². The van der Waals surface area contributed by atoms with E-state index in [1.54, 1.807) is 11.3 Å². The van der Waals surface area contributed by atoms with Crippen LogP contribution in [0.2, 0.25) is 0 Å². The molecule has 110 valence electrons. The second-order valence-electron chi connectivity index (χ2n) is 5.92. The van der Waals surface area contributed by atoms with Gasteiger partial charge < -0.3 is 10.1 Å². The van der Waals surface area contributed by atoms with Gasteiger partial charge in [-0.2, -0.15) is 0 Å². The predicted molar refractivity (Wildman–Crippen MR) is 81.4 cm³/mol. The van der Waals surface area contributed by atoms with Crippen LogP contribution in [0.3, 0.4) is 0 Å². The molecular weight excluding hydrogens is 270 g/mol. The van der Waals surface area contributed by atoms with E-state index in [0.717, 1.165) is 43.1 Å². The van der Waals surface area contributed by atoms with Crippen molar-refractivity contribution >= 4 is 17.2 Å². The molecule has 0 bridgehead atoms. The van der Waals surface area contributed by atoms with Gasteiger partial charge in [-0.05, 0) is 49.7 Å². The molecule has 20 heavy (non-hydrogen) atoms. The van der Waals surface area contributed by atoms with Crippen molar-refractivity contribution in [2.24, 2.45) is 5.92 Å². The van der Waals surface area contributed by atoms with Crippen LogP contribution in [0.25, 0.3) is 0 Å². The molecule has 1 aromatic heterocycles. The van der Waals surface area contributed by atoms with Crippen molar-refractivity contribution in [3.8, 4) is 0 Å². The Morgan fingerprint density at radius 2 is 2.40 bits per heavy atom. The summed E-state index contributed by atoms with van der Waals surface area (Å²) in [7, 11) is 0. The van der Waals surface area contributed by atoms with Gasteiger partial charge in [0.15, 0.2) is 0 Å². The minimum absolute atomic E-state index is 0.0768. The molecule has 1 aliphatic carbocycles. The van der Waals surface area contributed by atoms with Gasteiger partial charge in [-0.25, -0.2) is 0 Å². The van der Waals surface area contributed by atoms with Gasteiger partial charge in [-0.1, -0.05) is 13.3 Å². The maximum Gasteiger partial charge on any atom is 0.261 e. The molecule has 2 atom stereocenters. The van der Waals surface area contributed by atoms with Crippen LogP contribution in [0, 0.1) is 5.92 Å². The standard InChI is InChI=1S/C16H23NO2S/c1-2-11-5-6-14-12(8-11)9-15(20-14)16(18)17-10-13-4-3-7-19-13/h9,11,13H,2-8,10H2,1H3,(H,17,18)/t11-,13+/m1/s1. The Hall–Kier alpha value is -0.870. The van der Waals surface area contributed by atoms with Gasteiger partial charge in [0, 0.05) is 18.0 Å². The lowest BCUT2D eigenvalue weighted by molar-refractivity contribution is 0.0861. The van der Waals surface area contributed by atoms with E-state index in [2.05, 4.69) is 18.3 Å². The Balaban J connectivity index is 1.59. The molecule has 0 saturated carbocycles. The van der Waals surface area contributed by atoms with E-state index in [1.165, 1.54) is 23.3 Å². The highest BCUT2D eigenvalue weighted by atomic mass is 32.1. The van der Waals surface area contributed by atoms with Crippen molar-refractivity contribution < 1.29 is 9.53 Å². The van der Waals surface area contributed by atoms with Crippen LogP contribution in [0.15, 0.2) is 6.07 Å². The molecule has 0 unspecified atom stereocenters. The Kier molecular flexibility index (Phi) is 4.41. The van der Waals surface area contributed by atoms with Crippen LogP contribution >= 0.6 is 11.3 Å². The number of carbonyl (C=O) groups is 1. The van der Waals surface area contributed by atoms with Crippen LogP contribution in [0.4, 0.5) is 0 Å². The SMILES string of the molecule is CC[C@@H]1CCc2sc(C(=O)NC[C@@H]3CCCO3)cc2C1. The van der Waals surface area contributed by atoms with Crippen LogP contribution in [-0.4, -0.2) is 25.2 Å². The Morgan fingerprint density at radius 3 is 3.15 bits per heavy atom. The Labute approximate surface area is 124 Å². The third-order valence-corrected chi connectivity index (χ3v) is 5.74. The fourth-order valence-electron chi connectivity index (χ4n) is 3.16. The molecule has 0 spiro atoms. The molecule has 3 rings (SSSR count). The van der Waals surface area contributed by atoms with E-state index in [0.29, 0.717) is 6.54 Å². The van der Waals surface area contributed by atoms with Crippen molar-refractivity contribution in [3.05, 3.63) is 21.4 Å². The van der Waals surface area contributed by atoms with Gasteiger partial charge in [-0.3, -0.25) is 4.79 Å². The summed E-state index contributed by atoms with van der Waals surface area (Å²) in [5.74, 6) is 0.882. The first-order chi connectivity index (χ1) is 9.76. The summed E-state index contributed by atoms with van der Waals surface area (Å²) in [6.07, 6.45) is 7.24. The van der Waals surface area contributed by atoms with Crippen LogP contribution in [0.1, 0.15) is 52.7 Å². The maximum atomic E-state index is 12.2. The minimum atomic E-state index is 0.0768. The quantitative estimate of drug-likeness (QED) is 0.926. The first-order valence-corrected chi connectivity index (χ1v) is 8.59. The fourth-order valence-corrected chi connectivity index (χ4v) is 4.28. The molecule has 1 saturated heterocycles. The zero-order valence-electron chi connectivity index (χ0n) is 12.1. The Morgan fingerprint density at radius 1 is 1.50 bits per heavy atom. The molecule has 0 radical (unpaired) electrons. The zero-order chi connectivity index (χ0) is 13.9. The summed E-state index contributed by atoms with van der Waals surface area (Å²) < 4.78 is 5.54. The normalized spacial score (nSPS) is 25.4. The predicted octanol–water partition coefficient (Wildman–Crippen LogP) is 3.17. The minimum Gasteiger partial charge on any atom is -0.376 e. The lowest BCUT2D eigenvalue weighted by atomic mass is 9.87.